The zero-order valence-electron chi connectivity index (χ0n) is 15.4. The Morgan fingerprint density at radius 3 is 2.56 bits per heavy atom. The number of likely N-dealkylation sites (N-methyl/N-ethyl adjacent to an activating group) is 1. The molecule has 1 atom stereocenters. The predicted octanol–water partition coefficient (Wildman–Crippen LogP) is 2.75. The fourth-order valence-electron chi connectivity index (χ4n) is 3.67. The van der Waals surface area contributed by atoms with Crippen molar-refractivity contribution in [2.24, 2.45) is 0 Å². The molecular formula is C20H24N2O4S. The topological polar surface area (TPSA) is 59.1 Å². The molecule has 1 saturated heterocycles. The van der Waals surface area contributed by atoms with Gasteiger partial charge in [0, 0.05) is 37.9 Å². The summed E-state index contributed by atoms with van der Waals surface area (Å²) in [4.78, 5) is 2.50. The third-order valence-electron chi connectivity index (χ3n) is 5.22. The zero-order chi connectivity index (χ0) is 18.9. The number of fused-ring (bicyclic) bond motifs is 1. The molecule has 0 N–H and O–H groups in total. The smallest absolute Gasteiger partial charge is 0.243 e. The summed E-state index contributed by atoms with van der Waals surface area (Å²) in [5, 5.41) is 0. The lowest BCUT2D eigenvalue weighted by molar-refractivity contribution is 0.171. The molecular weight excluding hydrogens is 364 g/mol. The first-order valence-corrected chi connectivity index (χ1v) is 10.7. The minimum atomic E-state index is -3.61. The second-order valence-electron chi connectivity index (χ2n) is 6.90. The van der Waals surface area contributed by atoms with Crippen molar-refractivity contribution in [3.05, 3.63) is 48.5 Å². The van der Waals surface area contributed by atoms with E-state index in [0.717, 1.165) is 25.1 Å². The Morgan fingerprint density at radius 2 is 1.78 bits per heavy atom. The molecule has 2 aliphatic heterocycles. The monoisotopic (exact) mass is 388 g/mol. The van der Waals surface area contributed by atoms with Crippen molar-refractivity contribution in [1.29, 1.82) is 0 Å². The highest BCUT2D eigenvalue weighted by atomic mass is 32.2. The van der Waals surface area contributed by atoms with Gasteiger partial charge in [0.15, 0.2) is 11.5 Å². The lowest BCUT2D eigenvalue weighted by Gasteiger charge is -2.38. The highest BCUT2D eigenvalue weighted by molar-refractivity contribution is 7.89. The van der Waals surface area contributed by atoms with E-state index in [0.29, 0.717) is 31.3 Å². The SMILES string of the molecule is CN(C1CCCN(c2ccccc2)C1)S(=O)(=O)c1ccc2c(c1)OCCO2. The average molecular weight is 388 g/mol. The molecule has 4 rings (SSSR count). The molecule has 2 aliphatic rings. The van der Waals surface area contributed by atoms with Gasteiger partial charge in [-0.3, -0.25) is 0 Å². The second kappa shape index (κ2) is 7.40. The van der Waals surface area contributed by atoms with E-state index in [2.05, 4.69) is 17.0 Å². The van der Waals surface area contributed by atoms with Crippen LogP contribution in [0.1, 0.15) is 12.8 Å². The minimum absolute atomic E-state index is 0.0721. The normalized spacial score (nSPS) is 19.9. The van der Waals surface area contributed by atoms with Crippen LogP contribution in [-0.2, 0) is 10.0 Å². The van der Waals surface area contributed by atoms with Crippen molar-refractivity contribution in [3.8, 4) is 11.5 Å². The Labute approximate surface area is 160 Å². The lowest BCUT2D eigenvalue weighted by Crippen LogP contribution is -2.48. The largest absolute Gasteiger partial charge is 0.486 e. The van der Waals surface area contributed by atoms with E-state index in [1.807, 2.05) is 18.2 Å². The summed E-state index contributed by atoms with van der Waals surface area (Å²) in [7, 11) is -1.93. The number of hydrogen-bond acceptors (Lipinski definition) is 5. The van der Waals surface area contributed by atoms with Crippen LogP contribution in [0.4, 0.5) is 5.69 Å². The fourth-order valence-corrected chi connectivity index (χ4v) is 5.06. The van der Waals surface area contributed by atoms with Gasteiger partial charge in [-0.15, -0.1) is 0 Å². The molecule has 1 fully saturated rings. The molecule has 27 heavy (non-hydrogen) atoms. The third kappa shape index (κ3) is 3.61. The molecule has 0 aliphatic carbocycles. The number of nitrogens with zero attached hydrogens (tertiary/aromatic N) is 2. The van der Waals surface area contributed by atoms with E-state index in [1.54, 1.807) is 25.2 Å². The summed E-state index contributed by atoms with van der Waals surface area (Å²) in [6.45, 7) is 2.54. The maximum absolute atomic E-state index is 13.2. The standard InChI is InChI=1S/C20H24N2O4S/c1-21(17-8-5-11-22(15-17)16-6-3-2-4-7-16)27(23,24)18-9-10-19-20(14-18)26-13-12-25-19/h2-4,6-7,9-10,14,17H,5,8,11-13,15H2,1H3. The van der Waals surface area contributed by atoms with Crippen LogP contribution < -0.4 is 14.4 Å². The molecule has 6 nitrogen and oxygen atoms in total. The van der Waals surface area contributed by atoms with Gasteiger partial charge < -0.3 is 14.4 Å². The van der Waals surface area contributed by atoms with Crippen molar-refractivity contribution in [1.82, 2.24) is 4.31 Å². The van der Waals surface area contributed by atoms with E-state index in [9.17, 15) is 8.42 Å². The Hall–Kier alpha value is -2.25. The van der Waals surface area contributed by atoms with Crippen LogP contribution in [0.2, 0.25) is 0 Å². The van der Waals surface area contributed by atoms with Crippen LogP contribution in [0.3, 0.4) is 0 Å². The molecule has 0 radical (unpaired) electrons. The van der Waals surface area contributed by atoms with Crippen molar-refractivity contribution in [2.75, 3.05) is 38.3 Å². The molecule has 0 amide bonds. The van der Waals surface area contributed by atoms with Gasteiger partial charge in [0.1, 0.15) is 13.2 Å². The number of para-hydroxylation sites is 1. The molecule has 2 aromatic carbocycles. The van der Waals surface area contributed by atoms with Gasteiger partial charge in [-0.2, -0.15) is 4.31 Å². The quantitative estimate of drug-likeness (QED) is 0.806. The Bertz CT molecular complexity index is 901. The molecule has 0 aromatic heterocycles. The van der Waals surface area contributed by atoms with E-state index in [4.69, 9.17) is 9.47 Å². The van der Waals surface area contributed by atoms with Crippen molar-refractivity contribution in [2.45, 2.75) is 23.8 Å². The summed E-state index contributed by atoms with van der Waals surface area (Å²) >= 11 is 0. The van der Waals surface area contributed by atoms with Gasteiger partial charge in [-0.05, 0) is 37.1 Å². The van der Waals surface area contributed by atoms with Gasteiger partial charge in [-0.25, -0.2) is 8.42 Å². The Balaban J connectivity index is 1.55. The highest BCUT2D eigenvalue weighted by Crippen LogP contribution is 2.34. The highest BCUT2D eigenvalue weighted by Gasteiger charge is 2.32. The van der Waals surface area contributed by atoms with Crippen LogP contribution in [0, 0.1) is 0 Å². The van der Waals surface area contributed by atoms with Crippen LogP contribution in [0.5, 0.6) is 11.5 Å². The number of piperidine rings is 1. The maximum atomic E-state index is 13.2. The number of rotatable bonds is 4. The first-order valence-electron chi connectivity index (χ1n) is 9.23. The minimum Gasteiger partial charge on any atom is -0.486 e. The summed E-state index contributed by atoms with van der Waals surface area (Å²) in [5.74, 6) is 1.08. The third-order valence-corrected chi connectivity index (χ3v) is 7.13. The van der Waals surface area contributed by atoms with Crippen LogP contribution in [-0.4, -0.2) is 52.1 Å². The molecule has 1 unspecified atom stereocenters. The second-order valence-corrected chi connectivity index (χ2v) is 8.90. The molecule has 2 aromatic rings. The van der Waals surface area contributed by atoms with Gasteiger partial charge in [-0.1, -0.05) is 18.2 Å². The van der Waals surface area contributed by atoms with Gasteiger partial charge in [0.05, 0.1) is 4.90 Å². The van der Waals surface area contributed by atoms with Crippen LogP contribution in [0.15, 0.2) is 53.4 Å². The molecule has 0 spiro atoms. The van der Waals surface area contributed by atoms with E-state index in [1.165, 1.54) is 4.31 Å². The molecule has 0 bridgehead atoms. The lowest BCUT2D eigenvalue weighted by atomic mass is 10.1. The van der Waals surface area contributed by atoms with Gasteiger partial charge in [0.25, 0.3) is 0 Å². The van der Waals surface area contributed by atoms with Crippen LogP contribution >= 0.6 is 0 Å². The first kappa shape index (κ1) is 18.1. The maximum Gasteiger partial charge on any atom is 0.243 e. The number of ether oxygens (including phenoxy) is 2. The average Bonchev–Trinajstić information content (AvgIpc) is 2.73. The van der Waals surface area contributed by atoms with Crippen molar-refractivity contribution in [3.63, 3.8) is 0 Å². The number of sulfonamides is 1. The van der Waals surface area contributed by atoms with Gasteiger partial charge >= 0.3 is 0 Å². The molecule has 0 saturated carbocycles. The van der Waals surface area contributed by atoms with E-state index in [-0.39, 0.29) is 10.9 Å². The zero-order valence-corrected chi connectivity index (χ0v) is 16.2. The molecule has 7 heteroatoms. The first-order chi connectivity index (χ1) is 13.1. The summed E-state index contributed by atoms with van der Waals surface area (Å²) < 4.78 is 38.9. The Kier molecular flexibility index (Phi) is 4.97. The van der Waals surface area contributed by atoms with Crippen molar-refractivity contribution >= 4 is 15.7 Å². The molecule has 2 heterocycles. The van der Waals surface area contributed by atoms with Crippen LogP contribution in [0.25, 0.3) is 0 Å². The summed E-state index contributed by atoms with van der Waals surface area (Å²) in [5.41, 5.74) is 1.13. The van der Waals surface area contributed by atoms with E-state index < -0.39 is 10.0 Å². The van der Waals surface area contributed by atoms with Gasteiger partial charge in [0.2, 0.25) is 10.0 Å². The summed E-state index contributed by atoms with van der Waals surface area (Å²) in [6.07, 6.45) is 1.81. The number of anilines is 1. The fraction of sp³-hybridized carbons (Fsp3) is 0.400. The molecule has 144 valence electrons. The number of hydrogen-bond donors (Lipinski definition) is 0. The number of benzene rings is 2. The van der Waals surface area contributed by atoms with Crippen molar-refractivity contribution < 1.29 is 17.9 Å². The summed E-state index contributed by atoms with van der Waals surface area (Å²) in [6, 6.07) is 14.9. The predicted molar refractivity (Wildman–Crippen MR) is 104 cm³/mol. The van der Waals surface area contributed by atoms with E-state index >= 15 is 0 Å². The Morgan fingerprint density at radius 1 is 1.04 bits per heavy atom.